The molecule has 4 heteroatoms. The smallest absolute Gasteiger partial charge is 0.155 e. The van der Waals surface area contributed by atoms with E-state index in [1.54, 1.807) is 0 Å². The summed E-state index contributed by atoms with van der Waals surface area (Å²) >= 11 is 0.504. The second-order valence-electron chi connectivity index (χ2n) is 8.31. The summed E-state index contributed by atoms with van der Waals surface area (Å²) in [6.07, 6.45) is 10.8. The number of fused-ring (bicyclic) bond motifs is 1. The van der Waals surface area contributed by atoms with E-state index in [1.165, 1.54) is 18.4 Å². The number of hydrogen-bond acceptors (Lipinski definition) is 4. The molecule has 3 nitrogen and oxygen atoms in total. The molecule has 130 valence electrons. The van der Waals surface area contributed by atoms with Crippen LogP contribution in [0.25, 0.3) is 0 Å². The van der Waals surface area contributed by atoms with Crippen molar-refractivity contribution in [1.29, 1.82) is 0 Å². The molecule has 0 bridgehead atoms. The van der Waals surface area contributed by atoms with Gasteiger partial charge in [0.05, 0.1) is 6.10 Å². The van der Waals surface area contributed by atoms with Gasteiger partial charge in [0.25, 0.3) is 0 Å². The van der Waals surface area contributed by atoms with Crippen molar-refractivity contribution in [2.75, 3.05) is 0 Å². The van der Waals surface area contributed by atoms with Crippen LogP contribution in [-0.2, 0) is 8.98 Å². The first-order valence-electron chi connectivity index (χ1n) is 9.10. The summed E-state index contributed by atoms with van der Waals surface area (Å²) in [6.45, 7) is 6.77. The van der Waals surface area contributed by atoms with Gasteiger partial charge >= 0.3 is 0 Å². The Bertz CT molecular complexity index is 503. The third-order valence-corrected chi connectivity index (χ3v) is 7.79. The Kier molecular flexibility index (Phi) is 4.97. The molecule has 5 atom stereocenters. The normalized spacial score (nSPS) is 46.2. The SMILES string of the molecule is C/C=C1/CC(OSO)CCC1(C)C1CCC2(C)C(=O)CCC2C1. The van der Waals surface area contributed by atoms with E-state index in [1.807, 2.05) is 0 Å². The lowest BCUT2D eigenvalue weighted by atomic mass is 9.55. The van der Waals surface area contributed by atoms with Crippen molar-refractivity contribution in [3.8, 4) is 0 Å². The fraction of sp³-hybridized carbons (Fsp3) is 0.842. The Morgan fingerprint density at radius 3 is 2.57 bits per heavy atom. The molecule has 0 aromatic carbocycles. The van der Waals surface area contributed by atoms with Crippen LogP contribution in [0.4, 0.5) is 0 Å². The van der Waals surface area contributed by atoms with Gasteiger partial charge in [-0.25, -0.2) is 0 Å². The van der Waals surface area contributed by atoms with Gasteiger partial charge in [0.1, 0.15) is 5.78 Å². The minimum Gasteiger partial charge on any atom is -0.307 e. The molecule has 3 fully saturated rings. The third-order valence-electron chi connectivity index (χ3n) is 7.43. The summed E-state index contributed by atoms with van der Waals surface area (Å²) in [5.74, 6) is 1.78. The minimum absolute atomic E-state index is 0.0310. The highest BCUT2D eigenvalue weighted by Gasteiger charge is 2.53. The summed E-state index contributed by atoms with van der Waals surface area (Å²) in [6, 6.07) is 0. The molecule has 0 aliphatic heterocycles. The van der Waals surface area contributed by atoms with E-state index in [2.05, 4.69) is 26.8 Å². The second kappa shape index (κ2) is 6.53. The molecule has 3 aliphatic rings. The molecule has 0 aromatic heterocycles. The van der Waals surface area contributed by atoms with E-state index in [-0.39, 0.29) is 16.9 Å². The Morgan fingerprint density at radius 2 is 1.87 bits per heavy atom. The van der Waals surface area contributed by atoms with Crippen LogP contribution in [-0.4, -0.2) is 16.4 Å². The number of ketones is 1. The van der Waals surface area contributed by atoms with E-state index >= 15 is 0 Å². The average molecular weight is 339 g/mol. The van der Waals surface area contributed by atoms with Gasteiger partial charge in [0, 0.05) is 11.8 Å². The van der Waals surface area contributed by atoms with Crippen molar-refractivity contribution in [3.05, 3.63) is 11.6 Å². The molecule has 23 heavy (non-hydrogen) atoms. The molecule has 0 amide bonds. The Labute approximate surface area is 144 Å². The van der Waals surface area contributed by atoms with Crippen molar-refractivity contribution in [3.63, 3.8) is 0 Å². The maximum Gasteiger partial charge on any atom is 0.155 e. The first-order chi connectivity index (χ1) is 10.9. The molecule has 0 heterocycles. The summed E-state index contributed by atoms with van der Waals surface area (Å²) in [4.78, 5) is 12.3. The van der Waals surface area contributed by atoms with Gasteiger partial charge < -0.3 is 4.55 Å². The standard InChI is InChI=1S/C19H30O3S/c1-4-13-12-16(22-23-21)8-10-18(13,2)15-7-9-19(3)14(11-15)5-6-17(19)20/h4,14-16,21H,5-12H2,1-3H3/b13-4-. The minimum atomic E-state index is -0.0310. The molecule has 0 saturated heterocycles. The first kappa shape index (κ1) is 17.5. The van der Waals surface area contributed by atoms with E-state index in [0.29, 0.717) is 29.9 Å². The van der Waals surface area contributed by atoms with E-state index in [9.17, 15) is 4.79 Å². The van der Waals surface area contributed by atoms with Crippen molar-refractivity contribution in [2.45, 2.75) is 78.2 Å². The highest BCUT2D eigenvalue weighted by molar-refractivity contribution is 7.88. The molecule has 5 unspecified atom stereocenters. The van der Waals surface area contributed by atoms with Crippen LogP contribution in [0.15, 0.2) is 11.6 Å². The van der Waals surface area contributed by atoms with Crippen LogP contribution in [0, 0.1) is 22.7 Å². The van der Waals surface area contributed by atoms with Gasteiger partial charge in [0.2, 0.25) is 0 Å². The molecule has 3 aliphatic carbocycles. The van der Waals surface area contributed by atoms with Crippen LogP contribution < -0.4 is 0 Å². The topological polar surface area (TPSA) is 46.5 Å². The molecule has 1 N–H and O–H groups in total. The predicted molar refractivity (Wildman–Crippen MR) is 94.0 cm³/mol. The number of carbonyl (C=O) groups is 1. The van der Waals surface area contributed by atoms with Crippen molar-refractivity contribution in [1.82, 2.24) is 0 Å². The van der Waals surface area contributed by atoms with Gasteiger partial charge in [-0.2, -0.15) is 0 Å². The number of carbonyl (C=O) groups excluding carboxylic acids is 1. The second-order valence-corrected chi connectivity index (χ2v) is 8.66. The summed E-state index contributed by atoms with van der Waals surface area (Å²) in [7, 11) is 0. The highest BCUT2D eigenvalue weighted by Crippen LogP contribution is 2.58. The van der Waals surface area contributed by atoms with E-state index in [0.717, 1.165) is 38.5 Å². The molecule has 3 rings (SSSR count). The molecule has 0 radical (unpaired) electrons. The largest absolute Gasteiger partial charge is 0.307 e. The van der Waals surface area contributed by atoms with Gasteiger partial charge in [-0.3, -0.25) is 8.98 Å². The lowest BCUT2D eigenvalue weighted by Gasteiger charge is -2.50. The van der Waals surface area contributed by atoms with E-state index in [4.69, 9.17) is 8.74 Å². The van der Waals surface area contributed by atoms with Gasteiger partial charge in [0.15, 0.2) is 12.3 Å². The Hall–Kier alpha value is -0.320. The zero-order valence-corrected chi connectivity index (χ0v) is 15.5. The van der Waals surface area contributed by atoms with Crippen molar-refractivity contribution >= 4 is 18.1 Å². The average Bonchev–Trinajstić information content (AvgIpc) is 2.84. The van der Waals surface area contributed by atoms with Gasteiger partial charge in [-0.05, 0) is 69.1 Å². The molecular formula is C19H30O3S. The van der Waals surface area contributed by atoms with Crippen LogP contribution in [0.1, 0.15) is 72.1 Å². The maximum atomic E-state index is 12.3. The highest BCUT2D eigenvalue weighted by atomic mass is 32.2. The summed E-state index contributed by atoms with van der Waals surface area (Å²) < 4.78 is 14.3. The van der Waals surface area contributed by atoms with E-state index < -0.39 is 0 Å². The lowest BCUT2D eigenvalue weighted by molar-refractivity contribution is -0.129. The van der Waals surface area contributed by atoms with Gasteiger partial charge in [-0.1, -0.05) is 25.5 Å². The Balaban J connectivity index is 1.75. The monoisotopic (exact) mass is 338 g/mol. The predicted octanol–water partition coefficient (Wildman–Crippen LogP) is 5.41. The molecule has 3 saturated carbocycles. The fourth-order valence-electron chi connectivity index (χ4n) is 5.63. The molecule has 0 aromatic rings. The summed E-state index contributed by atoms with van der Waals surface area (Å²) in [5.41, 5.74) is 1.69. The van der Waals surface area contributed by atoms with Crippen LogP contribution in [0.5, 0.6) is 0 Å². The van der Waals surface area contributed by atoms with Crippen LogP contribution in [0.3, 0.4) is 0 Å². The first-order valence-corrected chi connectivity index (χ1v) is 9.79. The molecular weight excluding hydrogens is 308 g/mol. The van der Waals surface area contributed by atoms with Crippen LogP contribution >= 0.6 is 12.3 Å². The number of allylic oxidation sites excluding steroid dienone is 1. The zero-order chi connectivity index (χ0) is 16.7. The fourth-order valence-corrected chi connectivity index (χ4v) is 5.92. The molecule has 0 spiro atoms. The number of Topliss-reactive ketones (excluding diaryl/α,β-unsaturated/α-hetero) is 1. The number of hydrogen-bond donors (Lipinski definition) is 1. The zero-order valence-electron chi connectivity index (χ0n) is 14.6. The van der Waals surface area contributed by atoms with Crippen LogP contribution in [0.2, 0.25) is 0 Å². The van der Waals surface area contributed by atoms with Crippen molar-refractivity contribution < 1.29 is 13.5 Å². The number of rotatable bonds is 3. The maximum absolute atomic E-state index is 12.3. The third kappa shape index (κ3) is 2.91. The summed E-state index contributed by atoms with van der Waals surface area (Å²) in [5, 5.41) is 0. The lowest BCUT2D eigenvalue weighted by Crippen LogP contribution is -2.43. The Morgan fingerprint density at radius 1 is 1.17 bits per heavy atom. The quantitative estimate of drug-likeness (QED) is 0.552. The van der Waals surface area contributed by atoms with Gasteiger partial charge in [-0.15, -0.1) is 0 Å². The van der Waals surface area contributed by atoms with Crippen molar-refractivity contribution in [2.24, 2.45) is 22.7 Å².